The lowest BCUT2D eigenvalue weighted by Crippen LogP contribution is -2.24. The van der Waals surface area contributed by atoms with E-state index in [1.165, 1.54) is 0 Å². The Morgan fingerprint density at radius 3 is 2.72 bits per heavy atom. The Morgan fingerprint density at radius 1 is 1.44 bits per heavy atom. The van der Waals surface area contributed by atoms with E-state index in [2.05, 4.69) is 11.4 Å². The van der Waals surface area contributed by atoms with Crippen molar-refractivity contribution in [2.24, 2.45) is 5.92 Å². The largest absolute Gasteiger partial charge is 0.491 e. The van der Waals surface area contributed by atoms with E-state index in [0.717, 1.165) is 29.7 Å². The molecule has 1 fully saturated rings. The molecule has 0 aliphatic heterocycles. The van der Waals surface area contributed by atoms with E-state index < -0.39 is 0 Å². The molecule has 0 unspecified atom stereocenters. The van der Waals surface area contributed by atoms with Gasteiger partial charge in [-0.15, -0.1) is 0 Å². The molecule has 98 valence electrons. The van der Waals surface area contributed by atoms with Crippen molar-refractivity contribution in [1.29, 1.82) is 0 Å². The fraction of sp³-hybridized carbons (Fsp3) is 0.533. The van der Waals surface area contributed by atoms with Gasteiger partial charge in [0.1, 0.15) is 5.75 Å². The van der Waals surface area contributed by atoms with Crippen molar-refractivity contribution in [3.63, 3.8) is 0 Å². The van der Waals surface area contributed by atoms with Crippen LogP contribution in [0.5, 0.6) is 5.75 Å². The monoisotopic (exact) mass is 247 g/mol. The summed E-state index contributed by atoms with van der Waals surface area (Å²) in [6.45, 7) is 6.68. The second kappa shape index (κ2) is 5.42. The smallest absolute Gasteiger partial charge is 0.223 e. The van der Waals surface area contributed by atoms with Crippen LogP contribution in [-0.4, -0.2) is 12.0 Å². The zero-order valence-electron chi connectivity index (χ0n) is 11.3. The number of hydrogen-bond acceptors (Lipinski definition) is 2. The first-order valence-electron chi connectivity index (χ1n) is 6.60. The van der Waals surface area contributed by atoms with Crippen molar-refractivity contribution in [3.05, 3.63) is 29.3 Å². The van der Waals surface area contributed by atoms with E-state index in [1.54, 1.807) is 0 Å². The van der Waals surface area contributed by atoms with Gasteiger partial charge in [-0.3, -0.25) is 4.79 Å². The summed E-state index contributed by atoms with van der Waals surface area (Å²) in [5, 5.41) is 2.97. The van der Waals surface area contributed by atoms with Gasteiger partial charge >= 0.3 is 0 Å². The van der Waals surface area contributed by atoms with Gasteiger partial charge in [0.2, 0.25) is 5.91 Å². The number of amides is 1. The Morgan fingerprint density at radius 2 is 2.17 bits per heavy atom. The van der Waals surface area contributed by atoms with E-state index in [1.807, 2.05) is 32.9 Å². The molecule has 1 amide bonds. The highest BCUT2D eigenvalue weighted by molar-refractivity contribution is 5.80. The Balaban J connectivity index is 1.93. The fourth-order valence-electron chi connectivity index (χ4n) is 1.89. The van der Waals surface area contributed by atoms with Gasteiger partial charge in [-0.05, 0) is 50.8 Å². The van der Waals surface area contributed by atoms with Crippen LogP contribution < -0.4 is 10.1 Å². The minimum atomic E-state index is 0.184. The van der Waals surface area contributed by atoms with E-state index in [9.17, 15) is 4.79 Å². The predicted molar refractivity (Wildman–Crippen MR) is 71.5 cm³/mol. The van der Waals surface area contributed by atoms with E-state index >= 15 is 0 Å². The van der Waals surface area contributed by atoms with Crippen LogP contribution in [0.4, 0.5) is 0 Å². The molecule has 1 N–H and O–H groups in total. The average molecular weight is 247 g/mol. The minimum absolute atomic E-state index is 0.184. The van der Waals surface area contributed by atoms with E-state index in [-0.39, 0.29) is 17.9 Å². The maximum Gasteiger partial charge on any atom is 0.223 e. The van der Waals surface area contributed by atoms with Gasteiger partial charge in [0.15, 0.2) is 0 Å². The van der Waals surface area contributed by atoms with Crippen molar-refractivity contribution in [1.82, 2.24) is 5.32 Å². The molecule has 3 nitrogen and oxygen atoms in total. The molecule has 1 aliphatic rings. The number of nitrogens with one attached hydrogen (secondary N) is 1. The molecule has 0 bridgehead atoms. The first kappa shape index (κ1) is 12.9. The third-order valence-corrected chi connectivity index (χ3v) is 3.02. The molecule has 0 radical (unpaired) electrons. The minimum Gasteiger partial charge on any atom is -0.491 e. The maximum absolute atomic E-state index is 11.5. The molecule has 0 aromatic heterocycles. The third kappa shape index (κ3) is 3.49. The highest BCUT2D eigenvalue weighted by atomic mass is 16.5. The number of aryl methyl sites for hydroxylation is 1. The van der Waals surface area contributed by atoms with Crippen LogP contribution in [0.2, 0.25) is 0 Å². The highest BCUT2D eigenvalue weighted by Crippen LogP contribution is 2.29. The van der Waals surface area contributed by atoms with Crippen LogP contribution in [0.3, 0.4) is 0 Å². The highest BCUT2D eigenvalue weighted by Gasteiger charge is 2.29. The fourth-order valence-corrected chi connectivity index (χ4v) is 1.89. The van der Waals surface area contributed by atoms with Crippen LogP contribution >= 0.6 is 0 Å². The first-order valence-corrected chi connectivity index (χ1v) is 6.60. The molecule has 1 aliphatic carbocycles. The van der Waals surface area contributed by atoms with Gasteiger partial charge in [-0.25, -0.2) is 0 Å². The molecule has 2 rings (SSSR count). The van der Waals surface area contributed by atoms with Gasteiger partial charge in [-0.1, -0.05) is 12.1 Å². The van der Waals surface area contributed by atoms with Crippen LogP contribution in [0.1, 0.15) is 37.8 Å². The molecule has 1 aromatic carbocycles. The lowest BCUT2D eigenvalue weighted by atomic mass is 10.1. The van der Waals surface area contributed by atoms with E-state index in [4.69, 9.17) is 4.74 Å². The van der Waals surface area contributed by atoms with Crippen molar-refractivity contribution >= 4 is 5.91 Å². The van der Waals surface area contributed by atoms with Crippen LogP contribution in [0.15, 0.2) is 18.2 Å². The number of carbonyl (C=O) groups is 1. The number of rotatable bonds is 5. The normalized spacial score (nSPS) is 14.7. The summed E-state index contributed by atoms with van der Waals surface area (Å²) in [4.78, 5) is 11.5. The van der Waals surface area contributed by atoms with E-state index in [0.29, 0.717) is 6.54 Å². The number of ether oxygens (including phenoxy) is 1. The Kier molecular flexibility index (Phi) is 3.90. The number of hydrogen-bond donors (Lipinski definition) is 1. The Hall–Kier alpha value is -1.51. The van der Waals surface area contributed by atoms with Crippen LogP contribution in [0, 0.1) is 12.8 Å². The second-order valence-electron chi connectivity index (χ2n) is 5.26. The molecule has 0 spiro atoms. The predicted octanol–water partition coefficient (Wildman–Crippen LogP) is 2.81. The Labute approximate surface area is 109 Å². The lowest BCUT2D eigenvalue weighted by molar-refractivity contribution is -0.122. The number of carbonyl (C=O) groups excluding carboxylic acids is 1. The van der Waals surface area contributed by atoms with Gasteiger partial charge in [0.05, 0.1) is 6.10 Å². The SMILES string of the molecule is Cc1cc(CNC(=O)C2CC2)ccc1OC(C)C. The molecular weight excluding hydrogens is 226 g/mol. The first-order chi connectivity index (χ1) is 8.56. The molecular formula is C15H21NO2. The Bertz CT molecular complexity index is 436. The molecule has 1 aromatic rings. The topological polar surface area (TPSA) is 38.3 Å². The third-order valence-electron chi connectivity index (χ3n) is 3.02. The van der Waals surface area contributed by atoms with Crippen molar-refractivity contribution in [2.75, 3.05) is 0 Å². The van der Waals surface area contributed by atoms with Gasteiger partial charge in [-0.2, -0.15) is 0 Å². The van der Waals surface area contributed by atoms with Crippen molar-refractivity contribution < 1.29 is 9.53 Å². The zero-order chi connectivity index (χ0) is 13.1. The molecule has 0 atom stereocenters. The lowest BCUT2D eigenvalue weighted by Gasteiger charge is -2.13. The molecule has 0 heterocycles. The van der Waals surface area contributed by atoms with Crippen LogP contribution in [-0.2, 0) is 11.3 Å². The van der Waals surface area contributed by atoms with Crippen LogP contribution in [0.25, 0.3) is 0 Å². The standard InChI is InChI=1S/C15H21NO2/c1-10(2)18-14-7-4-12(8-11(14)3)9-16-15(17)13-5-6-13/h4,7-8,10,13H,5-6,9H2,1-3H3,(H,16,17). The van der Waals surface area contributed by atoms with Gasteiger partial charge in [0, 0.05) is 12.5 Å². The maximum atomic E-state index is 11.5. The summed E-state index contributed by atoms with van der Waals surface area (Å²) in [6.07, 6.45) is 2.28. The van der Waals surface area contributed by atoms with Crippen molar-refractivity contribution in [2.45, 2.75) is 46.3 Å². The van der Waals surface area contributed by atoms with Crippen molar-refractivity contribution in [3.8, 4) is 5.75 Å². The summed E-state index contributed by atoms with van der Waals surface area (Å²) < 4.78 is 5.69. The summed E-state index contributed by atoms with van der Waals surface area (Å²) in [5.41, 5.74) is 2.24. The summed E-state index contributed by atoms with van der Waals surface area (Å²) in [6, 6.07) is 6.07. The van der Waals surface area contributed by atoms with Gasteiger partial charge in [0.25, 0.3) is 0 Å². The number of benzene rings is 1. The second-order valence-corrected chi connectivity index (χ2v) is 5.26. The molecule has 3 heteroatoms. The summed E-state index contributed by atoms with van der Waals surface area (Å²) in [7, 11) is 0. The summed E-state index contributed by atoms with van der Waals surface area (Å²) >= 11 is 0. The molecule has 18 heavy (non-hydrogen) atoms. The average Bonchev–Trinajstić information content (AvgIpc) is 3.12. The summed E-state index contributed by atoms with van der Waals surface area (Å²) in [5.74, 6) is 1.38. The van der Waals surface area contributed by atoms with Gasteiger partial charge < -0.3 is 10.1 Å². The quantitative estimate of drug-likeness (QED) is 0.869. The molecule has 0 saturated heterocycles. The zero-order valence-corrected chi connectivity index (χ0v) is 11.3. The molecule has 1 saturated carbocycles.